The highest BCUT2D eigenvalue weighted by Gasteiger charge is 2.24. The maximum atomic E-state index is 12.3. The molecule has 1 N–H and O–H groups in total. The minimum atomic E-state index is -0.265. The molecule has 0 amide bonds. The summed E-state index contributed by atoms with van der Waals surface area (Å²) >= 11 is 7.72. The molecule has 2 unspecified atom stereocenters. The molecule has 0 fully saturated rings. The van der Waals surface area contributed by atoms with Crippen molar-refractivity contribution in [2.45, 2.75) is 51.3 Å². The molecule has 2 atom stereocenters. The van der Waals surface area contributed by atoms with E-state index >= 15 is 0 Å². The number of aromatic nitrogens is 2. The van der Waals surface area contributed by atoms with Gasteiger partial charge in [0.25, 0.3) is 5.56 Å². The van der Waals surface area contributed by atoms with Crippen LogP contribution in [0.4, 0.5) is 0 Å². The highest BCUT2D eigenvalue weighted by atomic mass is 35.5. The van der Waals surface area contributed by atoms with Gasteiger partial charge in [-0.1, -0.05) is 19.8 Å². The van der Waals surface area contributed by atoms with E-state index in [9.17, 15) is 4.79 Å². The number of H-pyrrole nitrogens is 1. The largest absolute Gasteiger partial charge is 0.309 e. The van der Waals surface area contributed by atoms with Crippen LogP contribution in [0.25, 0.3) is 10.2 Å². The Morgan fingerprint density at radius 2 is 2.35 bits per heavy atom. The molecule has 0 radical (unpaired) electrons. The summed E-state index contributed by atoms with van der Waals surface area (Å²) in [6.07, 6.45) is 5.83. The molecule has 0 aromatic carbocycles. The summed E-state index contributed by atoms with van der Waals surface area (Å²) in [6, 6.07) is 0. The second-order valence-corrected chi connectivity index (χ2v) is 7.39. The molecule has 20 heavy (non-hydrogen) atoms. The maximum absolute atomic E-state index is 12.3. The molecule has 108 valence electrons. The van der Waals surface area contributed by atoms with E-state index in [1.54, 1.807) is 11.3 Å². The van der Waals surface area contributed by atoms with Crippen molar-refractivity contribution in [3.63, 3.8) is 0 Å². The van der Waals surface area contributed by atoms with Gasteiger partial charge < -0.3 is 4.98 Å². The van der Waals surface area contributed by atoms with Gasteiger partial charge in [-0.3, -0.25) is 4.79 Å². The summed E-state index contributed by atoms with van der Waals surface area (Å²) in [6.45, 7) is 4.07. The van der Waals surface area contributed by atoms with Gasteiger partial charge in [0.1, 0.15) is 10.7 Å². The van der Waals surface area contributed by atoms with Crippen molar-refractivity contribution in [3.8, 4) is 0 Å². The van der Waals surface area contributed by atoms with E-state index in [1.165, 1.54) is 29.7 Å². The number of fused-ring (bicyclic) bond motifs is 3. The molecule has 0 aliphatic heterocycles. The molecule has 3 rings (SSSR count). The van der Waals surface area contributed by atoms with E-state index in [0.717, 1.165) is 29.0 Å². The SMILES string of the molecule is CCCC1CCc2c(sc3nc(C(C)Cl)[nH]c(=O)c23)C1. The number of thiophene rings is 1. The summed E-state index contributed by atoms with van der Waals surface area (Å²) in [5.74, 6) is 1.35. The fraction of sp³-hybridized carbons (Fsp3) is 0.600. The Morgan fingerprint density at radius 1 is 1.55 bits per heavy atom. The van der Waals surface area contributed by atoms with Crippen LogP contribution in [0.1, 0.15) is 54.8 Å². The van der Waals surface area contributed by atoms with Crippen LogP contribution in [0, 0.1) is 5.92 Å². The Balaban J connectivity index is 2.08. The van der Waals surface area contributed by atoms with Crippen molar-refractivity contribution in [1.82, 2.24) is 9.97 Å². The first-order valence-corrected chi connectivity index (χ1v) is 8.54. The van der Waals surface area contributed by atoms with E-state index in [2.05, 4.69) is 16.9 Å². The molecule has 0 saturated carbocycles. The number of halogens is 1. The van der Waals surface area contributed by atoms with Crippen molar-refractivity contribution < 1.29 is 0 Å². The minimum absolute atomic E-state index is 0.0241. The Morgan fingerprint density at radius 3 is 3.05 bits per heavy atom. The third-order valence-electron chi connectivity index (χ3n) is 4.11. The van der Waals surface area contributed by atoms with Gasteiger partial charge >= 0.3 is 0 Å². The van der Waals surface area contributed by atoms with Gasteiger partial charge in [-0.05, 0) is 37.7 Å². The lowest BCUT2D eigenvalue weighted by Gasteiger charge is -2.21. The fourth-order valence-electron chi connectivity index (χ4n) is 3.11. The second kappa shape index (κ2) is 5.49. The molecule has 2 heterocycles. The number of hydrogen-bond donors (Lipinski definition) is 1. The Labute approximate surface area is 127 Å². The zero-order chi connectivity index (χ0) is 14.3. The zero-order valence-electron chi connectivity index (χ0n) is 11.8. The zero-order valence-corrected chi connectivity index (χ0v) is 13.4. The molecule has 0 bridgehead atoms. The van der Waals surface area contributed by atoms with Crippen LogP contribution in [0.3, 0.4) is 0 Å². The Bertz CT molecular complexity index is 689. The molecule has 1 aliphatic carbocycles. The van der Waals surface area contributed by atoms with Crippen molar-refractivity contribution in [2.24, 2.45) is 5.92 Å². The van der Waals surface area contributed by atoms with Crippen LogP contribution in [0.15, 0.2) is 4.79 Å². The first kappa shape index (κ1) is 14.1. The first-order valence-electron chi connectivity index (χ1n) is 7.28. The van der Waals surface area contributed by atoms with E-state index < -0.39 is 0 Å². The van der Waals surface area contributed by atoms with Crippen LogP contribution in [-0.4, -0.2) is 9.97 Å². The topological polar surface area (TPSA) is 45.8 Å². The number of rotatable bonds is 3. The molecular formula is C15H19ClN2OS. The summed E-state index contributed by atoms with van der Waals surface area (Å²) < 4.78 is 0. The van der Waals surface area contributed by atoms with Gasteiger partial charge in [-0.25, -0.2) is 4.98 Å². The number of aromatic amines is 1. The van der Waals surface area contributed by atoms with E-state index in [1.807, 2.05) is 6.92 Å². The number of nitrogens with one attached hydrogen (secondary N) is 1. The normalized spacial score (nSPS) is 20.1. The molecule has 1 aliphatic rings. The lowest BCUT2D eigenvalue weighted by atomic mass is 9.85. The number of hydrogen-bond acceptors (Lipinski definition) is 3. The summed E-state index contributed by atoms with van der Waals surface area (Å²) in [5.41, 5.74) is 1.21. The predicted molar refractivity (Wildman–Crippen MR) is 84.9 cm³/mol. The van der Waals surface area contributed by atoms with Crippen LogP contribution in [0.2, 0.25) is 0 Å². The van der Waals surface area contributed by atoms with Gasteiger partial charge in [0, 0.05) is 4.88 Å². The Kier molecular flexibility index (Phi) is 3.87. The molecule has 5 heteroatoms. The van der Waals surface area contributed by atoms with E-state index in [4.69, 9.17) is 11.6 Å². The molecule has 0 saturated heterocycles. The van der Waals surface area contributed by atoms with Crippen LogP contribution < -0.4 is 5.56 Å². The lowest BCUT2D eigenvalue weighted by molar-refractivity contribution is 0.428. The number of alkyl halides is 1. The standard InChI is InChI=1S/C15H19ClN2OS/c1-3-4-9-5-6-10-11(7-9)20-15-12(10)14(19)17-13(18-15)8(2)16/h8-9H,3-7H2,1-2H3,(H,17,18,19). The molecule has 2 aromatic heterocycles. The third kappa shape index (κ3) is 2.40. The molecule has 3 nitrogen and oxygen atoms in total. The predicted octanol–water partition coefficient (Wildman–Crippen LogP) is 4.19. The number of nitrogens with zero attached hydrogens (tertiary/aromatic N) is 1. The monoisotopic (exact) mass is 310 g/mol. The quantitative estimate of drug-likeness (QED) is 0.864. The summed E-state index contributed by atoms with van der Waals surface area (Å²) in [5, 5.41) is 0.542. The average Bonchev–Trinajstić information content (AvgIpc) is 2.76. The van der Waals surface area contributed by atoms with Gasteiger partial charge in [0.15, 0.2) is 0 Å². The van der Waals surface area contributed by atoms with Crippen molar-refractivity contribution in [1.29, 1.82) is 0 Å². The fourth-order valence-corrected chi connectivity index (χ4v) is 4.56. The third-order valence-corrected chi connectivity index (χ3v) is 5.47. The summed E-state index contributed by atoms with van der Waals surface area (Å²) in [4.78, 5) is 21.9. The van der Waals surface area contributed by atoms with E-state index in [0.29, 0.717) is 5.82 Å². The lowest BCUT2D eigenvalue weighted by Crippen LogP contribution is -2.16. The maximum Gasteiger partial charge on any atom is 0.259 e. The van der Waals surface area contributed by atoms with Crippen LogP contribution >= 0.6 is 22.9 Å². The van der Waals surface area contributed by atoms with Crippen molar-refractivity contribution in [3.05, 3.63) is 26.6 Å². The Hall–Kier alpha value is -0.870. The average molecular weight is 311 g/mol. The van der Waals surface area contributed by atoms with Crippen molar-refractivity contribution >= 4 is 33.2 Å². The minimum Gasteiger partial charge on any atom is -0.309 e. The second-order valence-electron chi connectivity index (χ2n) is 5.65. The van der Waals surface area contributed by atoms with Gasteiger partial charge in [0.05, 0.1) is 10.8 Å². The van der Waals surface area contributed by atoms with Crippen LogP contribution in [0.5, 0.6) is 0 Å². The van der Waals surface area contributed by atoms with Crippen LogP contribution in [-0.2, 0) is 12.8 Å². The molecular weight excluding hydrogens is 292 g/mol. The number of aryl methyl sites for hydroxylation is 1. The smallest absolute Gasteiger partial charge is 0.259 e. The molecule has 2 aromatic rings. The molecule has 0 spiro atoms. The first-order chi connectivity index (χ1) is 9.60. The van der Waals surface area contributed by atoms with Crippen molar-refractivity contribution in [2.75, 3.05) is 0 Å². The highest BCUT2D eigenvalue weighted by Crippen LogP contribution is 2.37. The summed E-state index contributed by atoms with van der Waals surface area (Å²) in [7, 11) is 0. The van der Waals surface area contributed by atoms with Gasteiger partial charge in [-0.15, -0.1) is 22.9 Å². The highest BCUT2D eigenvalue weighted by molar-refractivity contribution is 7.18. The van der Waals surface area contributed by atoms with E-state index in [-0.39, 0.29) is 10.9 Å². The van der Waals surface area contributed by atoms with Gasteiger partial charge in [-0.2, -0.15) is 0 Å². The van der Waals surface area contributed by atoms with Gasteiger partial charge in [0.2, 0.25) is 0 Å².